The lowest BCUT2D eigenvalue weighted by Gasteiger charge is -2.45. The Morgan fingerprint density at radius 3 is 2.47 bits per heavy atom. The molecule has 1 aliphatic heterocycles. The molecule has 1 atom stereocenters. The van der Waals surface area contributed by atoms with E-state index in [-0.39, 0.29) is 11.0 Å². The van der Waals surface area contributed by atoms with Crippen LogP contribution in [0, 0.1) is 0 Å². The third-order valence-corrected chi connectivity index (χ3v) is 6.01. The molecule has 30 heavy (non-hydrogen) atoms. The van der Waals surface area contributed by atoms with Gasteiger partial charge in [0, 0.05) is 24.0 Å². The van der Waals surface area contributed by atoms with Crippen molar-refractivity contribution in [3.05, 3.63) is 65.2 Å². The lowest BCUT2D eigenvalue weighted by atomic mass is 9.67. The van der Waals surface area contributed by atoms with E-state index in [1.54, 1.807) is 7.11 Å². The Hall–Kier alpha value is -2.05. The van der Waals surface area contributed by atoms with Gasteiger partial charge in [0.25, 0.3) is 0 Å². The van der Waals surface area contributed by atoms with Crippen molar-refractivity contribution in [2.24, 2.45) is 0 Å². The van der Waals surface area contributed by atoms with Gasteiger partial charge in [0.1, 0.15) is 12.3 Å². The molecule has 0 spiro atoms. The van der Waals surface area contributed by atoms with Crippen LogP contribution in [0.2, 0.25) is 0 Å². The number of hydrogen-bond donors (Lipinski definition) is 1. The van der Waals surface area contributed by atoms with Crippen molar-refractivity contribution in [3.8, 4) is 5.75 Å². The predicted octanol–water partition coefficient (Wildman–Crippen LogP) is 4.69. The number of rotatable bonds is 7. The maximum atomic E-state index is 13.3. The van der Waals surface area contributed by atoms with E-state index in [9.17, 15) is 13.2 Å². The number of benzene rings is 2. The molecule has 3 nitrogen and oxygen atoms in total. The summed E-state index contributed by atoms with van der Waals surface area (Å²) in [6.07, 6.45) is -2.10. The summed E-state index contributed by atoms with van der Waals surface area (Å²) in [7, 11) is 1.64. The monoisotopic (exact) mass is 422 g/mol. The van der Waals surface area contributed by atoms with Crippen molar-refractivity contribution in [1.29, 1.82) is 0 Å². The van der Waals surface area contributed by atoms with Gasteiger partial charge in [0.15, 0.2) is 0 Å². The highest BCUT2D eigenvalue weighted by atomic mass is 19.4. The highest BCUT2D eigenvalue weighted by Gasteiger charge is 2.43. The fourth-order valence-electron chi connectivity index (χ4n) is 4.52. The molecular weight excluding hydrogens is 391 g/mol. The van der Waals surface area contributed by atoms with Crippen molar-refractivity contribution < 1.29 is 28.0 Å². The molecule has 3 rings (SSSR count). The highest BCUT2D eigenvalue weighted by Crippen LogP contribution is 2.44. The maximum Gasteiger partial charge on any atom is 0.416 e. The molecule has 2 aromatic carbocycles. The molecule has 0 aromatic heterocycles. The van der Waals surface area contributed by atoms with Crippen molar-refractivity contribution in [3.63, 3.8) is 0 Å². The van der Waals surface area contributed by atoms with E-state index in [0.29, 0.717) is 13.0 Å². The zero-order valence-corrected chi connectivity index (χ0v) is 17.9. The summed E-state index contributed by atoms with van der Waals surface area (Å²) >= 11 is 0. The topological polar surface area (TPSA) is 35.1 Å². The number of nitrogens with two attached hydrogens (primary N) is 1. The molecular formula is C24H31F3NO2+. The van der Waals surface area contributed by atoms with E-state index in [1.807, 2.05) is 44.2 Å². The van der Waals surface area contributed by atoms with Crippen LogP contribution in [-0.4, -0.2) is 25.9 Å². The zero-order valence-electron chi connectivity index (χ0n) is 17.9. The molecule has 0 saturated carbocycles. The molecule has 1 fully saturated rings. The summed E-state index contributed by atoms with van der Waals surface area (Å²) in [6, 6.07) is 13.8. The van der Waals surface area contributed by atoms with Gasteiger partial charge < -0.3 is 14.8 Å². The summed E-state index contributed by atoms with van der Waals surface area (Å²) in [5.41, 5.74) is 0.704. The molecule has 0 bridgehead atoms. The third-order valence-electron chi connectivity index (χ3n) is 6.01. The van der Waals surface area contributed by atoms with Gasteiger partial charge in [0.05, 0.1) is 24.8 Å². The first-order valence-corrected chi connectivity index (χ1v) is 10.4. The summed E-state index contributed by atoms with van der Waals surface area (Å²) in [6.45, 7) is 6.26. The largest absolute Gasteiger partial charge is 0.497 e. The van der Waals surface area contributed by atoms with E-state index in [2.05, 4.69) is 5.32 Å². The van der Waals surface area contributed by atoms with Gasteiger partial charge in [-0.1, -0.05) is 18.2 Å². The fraction of sp³-hybridized carbons (Fsp3) is 0.500. The van der Waals surface area contributed by atoms with E-state index >= 15 is 0 Å². The molecule has 2 N–H and O–H groups in total. The Morgan fingerprint density at radius 2 is 1.83 bits per heavy atom. The minimum absolute atomic E-state index is 0.320. The van der Waals surface area contributed by atoms with E-state index in [1.165, 1.54) is 17.7 Å². The minimum Gasteiger partial charge on any atom is -0.497 e. The number of quaternary nitrogens is 1. The molecule has 1 heterocycles. The SMILES string of the molecule is COc1ccc(C[NH2+]CC[C@@]2(c3cccc(C(F)(F)F)c3)CCOC(C)(C)C2)cc1. The Kier molecular flexibility index (Phi) is 6.78. The van der Waals surface area contributed by atoms with Crippen LogP contribution in [0.1, 0.15) is 49.8 Å². The Bertz CT molecular complexity index is 833. The van der Waals surface area contributed by atoms with Gasteiger partial charge in [-0.15, -0.1) is 0 Å². The van der Waals surface area contributed by atoms with Crippen LogP contribution in [0.3, 0.4) is 0 Å². The van der Waals surface area contributed by atoms with Crippen molar-refractivity contribution >= 4 is 0 Å². The Morgan fingerprint density at radius 1 is 1.10 bits per heavy atom. The summed E-state index contributed by atoms with van der Waals surface area (Å²) in [4.78, 5) is 0. The van der Waals surface area contributed by atoms with Crippen LogP contribution >= 0.6 is 0 Å². The first kappa shape index (κ1) is 22.6. The smallest absolute Gasteiger partial charge is 0.416 e. The molecule has 6 heteroatoms. The van der Waals surface area contributed by atoms with Crippen molar-refractivity contribution in [1.82, 2.24) is 0 Å². The van der Waals surface area contributed by atoms with Crippen LogP contribution in [0.25, 0.3) is 0 Å². The van der Waals surface area contributed by atoms with Gasteiger partial charge in [0.2, 0.25) is 0 Å². The van der Waals surface area contributed by atoms with Gasteiger partial charge in [-0.2, -0.15) is 13.2 Å². The van der Waals surface area contributed by atoms with E-state index < -0.39 is 11.7 Å². The van der Waals surface area contributed by atoms with Crippen LogP contribution in [0.5, 0.6) is 5.75 Å². The van der Waals surface area contributed by atoms with Crippen LogP contribution in [0.15, 0.2) is 48.5 Å². The second kappa shape index (κ2) is 8.98. The van der Waals surface area contributed by atoms with Crippen LogP contribution < -0.4 is 10.1 Å². The predicted molar refractivity (Wildman–Crippen MR) is 110 cm³/mol. The summed E-state index contributed by atoms with van der Waals surface area (Å²) < 4.78 is 51.0. The molecule has 1 saturated heterocycles. The van der Waals surface area contributed by atoms with E-state index in [4.69, 9.17) is 9.47 Å². The molecule has 0 unspecified atom stereocenters. The van der Waals surface area contributed by atoms with E-state index in [0.717, 1.165) is 43.3 Å². The lowest BCUT2D eigenvalue weighted by Crippen LogP contribution is -2.83. The first-order chi connectivity index (χ1) is 14.1. The Labute approximate surface area is 176 Å². The van der Waals surface area contributed by atoms with Crippen molar-refractivity contribution in [2.75, 3.05) is 20.3 Å². The average molecular weight is 423 g/mol. The third kappa shape index (κ3) is 5.55. The highest BCUT2D eigenvalue weighted by molar-refractivity contribution is 5.33. The Balaban J connectivity index is 1.74. The average Bonchev–Trinajstić information content (AvgIpc) is 2.70. The fourth-order valence-corrected chi connectivity index (χ4v) is 4.52. The number of halogens is 3. The molecule has 0 radical (unpaired) electrons. The number of alkyl halides is 3. The van der Waals surface area contributed by atoms with Gasteiger partial charge >= 0.3 is 6.18 Å². The van der Waals surface area contributed by atoms with Gasteiger partial charge in [-0.05, 0) is 62.6 Å². The van der Waals surface area contributed by atoms with Crippen LogP contribution in [-0.2, 0) is 22.9 Å². The normalized spacial score (nSPS) is 21.4. The molecule has 2 aromatic rings. The second-order valence-electron chi connectivity index (χ2n) is 8.77. The standard InChI is InChI=1S/C24H30F3NO2/c1-22(2)17-23(12-14-30-22,19-5-4-6-20(15-19)24(25,26)27)11-13-28-16-18-7-9-21(29-3)10-8-18/h4-10,15,28H,11-14,16-17H2,1-3H3/p+1/t23-/m1/s1. The molecule has 0 aliphatic carbocycles. The van der Waals surface area contributed by atoms with Gasteiger partial charge in [-0.25, -0.2) is 0 Å². The van der Waals surface area contributed by atoms with Crippen molar-refractivity contribution in [2.45, 2.75) is 56.8 Å². The molecule has 0 amide bonds. The zero-order chi connectivity index (χ0) is 21.8. The lowest BCUT2D eigenvalue weighted by molar-refractivity contribution is -0.672. The second-order valence-corrected chi connectivity index (χ2v) is 8.77. The quantitative estimate of drug-likeness (QED) is 0.657. The van der Waals surface area contributed by atoms with Gasteiger partial charge in [-0.3, -0.25) is 0 Å². The summed E-state index contributed by atoms with van der Waals surface area (Å²) in [5.74, 6) is 0.826. The minimum atomic E-state index is -4.33. The summed E-state index contributed by atoms with van der Waals surface area (Å²) in [5, 5.41) is 2.22. The van der Waals surface area contributed by atoms with Crippen LogP contribution in [0.4, 0.5) is 13.2 Å². The number of methoxy groups -OCH3 is 1. The maximum absolute atomic E-state index is 13.3. The number of ether oxygens (including phenoxy) is 2. The molecule has 164 valence electrons. The molecule has 1 aliphatic rings. The number of hydrogen-bond acceptors (Lipinski definition) is 2. The first-order valence-electron chi connectivity index (χ1n) is 10.4.